The van der Waals surface area contributed by atoms with Gasteiger partial charge in [0.25, 0.3) is 5.91 Å². The number of nitrogens with one attached hydrogen (secondary N) is 1. The highest BCUT2D eigenvalue weighted by atomic mass is 32.1. The minimum atomic E-state index is -0.827. The van der Waals surface area contributed by atoms with Crippen LogP contribution in [0.4, 0.5) is 0 Å². The Kier molecular flexibility index (Phi) is 4.25. The van der Waals surface area contributed by atoms with Gasteiger partial charge in [-0.25, -0.2) is 4.98 Å². The maximum absolute atomic E-state index is 12.3. The van der Waals surface area contributed by atoms with Crippen molar-refractivity contribution in [1.29, 1.82) is 0 Å². The molecule has 1 amide bonds. The first kappa shape index (κ1) is 15.9. The summed E-state index contributed by atoms with van der Waals surface area (Å²) in [7, 11) is 0. The number of nitrogens with zero attached hydrogens (tertiary/aromatic N) is 1. The zero-order valence-electron chi connectivity index (χ0n) is 13.3. The van der Waals surface area contributed by atoms with E-state index in [9.17, 15) is 9.90 Å². The van der Waals surface area contributed by atoms with E-state index in [0.29, 0.717) is 35.8 Å². The molecule has 1 aliphatic heterocycles. The van der Waals surface area contributed by atoms with E-state index in [1.54, 1.807) is 35.8 Å². The second kappa shape index (κ2) is 6.70. The van der Waals surface area contributed by atoms with E-state index in [1.807, 2.05) is 6.07 Å². The topological polar surface area (TPSA) is 80.7 Å². The molecular weight excluding hydrogens is 340 g/mol. The normalized spacial score (nSPS) is 14.3. The van der Waals surface area contributed by atoms with Crippen molar-refractivity contribution in [1.82, 2.24) is 10.3 Å². The number of ether oxygens (including phenoxy) is 2. The van der Waals surface area contributed by atoms with E-state index in [4.69, 9.17) is 9.47 Å². The van der Waals surface area contributed by atoms with E-state index in [-0.39, 0.29) is 12.5 Å². The van der Waals surface area contributed by atoms with Crippen LogP contribution in [-0.4, -0.2) is 35.8 Å². The lowest BCUT2D eigenvalue weighted by Gasteiger charge is -2.20. The molecule has 6 nitrogen and oxygen atoms in total. The van der Waals surface area contributed by atoms with Gasteiger partial charge in [0.15, 0.2) is 11.5 Å². The van der Waals surface area contributed by atoms with Crippen molar-refractivity contribution in [2.75, 3.05) is 19.8 Å². The van der Waals surface area contributed by atoms with Gasteiger partial charge in [-0.15, -0.1) is 11.3 Å². The maximum atomic E-state index is 12.3. The molecule has 0 radical (unpaired) electrons. The summed E-state index contributed by atoms with van der Waals surface area (Å²) in [6.07, 6.45) is -0.827. The number of fused-ring (bicyclic) bond motifs is 2. The number of hydrogen-bond acceptors (Lipinski definition) is 6. The molecular formula is C18H16N2O4S. The fraction of sp³-hybridized carbons (Fsp3) is 0.222. The molecule has 7 heteroatoms. The smallest absolute Gasteiger partial charge is 0.251 e. The summed E-state index contributed by atoms with van der Waals surface area (Å²) in [4.78, 5) is 16.5. The number of aliphatic hydroxyl groups excluding tert-OH is 1. The number of carbonyl (C=O) groups excluding carboxylic acids is 1. The third-order valence-electron chi connectivity index (χ3n) is 4.00. The highest BCUT2D eigenvalue weighted by Gasteiger charge is 2.16. The quantitative estimate of drug-likeness (QED) is 0.751. The van der Waals surface area contributed by atoms with Crippen LogP contribution >= 0.6 is 11.3 Å². The van der Waals surface area contributed by atoms with Crippen LogP contribution in [0.25, 0.3) is 10.2 Å². The summed E-state index contributed by atoms with van der Waals surface area (Å²) < 4.78 is 11.9. The van der Waals surface area contributed by atoms with Gasteiger partial charge in [0.05, 0.1) is 21.8 Å². The van der Waals surface area contributed by atoms with E-state index < -0.39 is 6.10 Å². The first-order valence-corrected chi connectivity index (χ1v) is 8.78. The molecule has 0 saturated heterocycles. The number of amides is 1. The van der Waals surface area contributed by atoms with Gasteiger partial charge in [0.2, 0.25) is 0 Å². The van der Waals surface area contributed by atoms with Crippen LogP contribution in [0.2, 0.25) is 0 Å². The number of rotatable bonds is 4. The fourth-order valence-electron chi connectivity index (χ4n) is 2.67. The van der Waals surface area contributed by atoms with E-state index in [1.165, 1.54) is 11.3 Å². The molecule has 4 rings (SSSR count). The lowest BCUT2D eigenvalue weighted by atomic mass is 10.1. The van der Waals surface area contributed by atoms with Crippen molar-refractivity contribution in [2.45, 2.75) is 6.10 Å². The molecule has 2 heterocycles. The molecule has 0 fully saturated rings. The third-order valence-corrected chi connectivity index (χ3v) is 4.79. The summed E-state index contributed by atoms with van der Waals surface area (Å²) >= 11 is 1.49. The standard InChI is InChI=1S/C18H16N2O4S/c21-14(11-2-4-15-16(7-11)24-6-5-23-15)9-19-18(22)12-1-3-13-17(8-12)25-10-20-13/h1-4,7-8,10,14,21H,5-6,9H2,(H,19,22). The van der Waals surface area contributed by atoms with Crippen molar-refractivity contribution in [2.24, 2.45) is 0 Å². The molecule has 25 heavy (non-hydrogen) atoms. The molecule has 128 valence electrons. The Labute approximate surface area is 148 Å². The summed E-state index contributed by atoms with van der Waals surface area (Å²) in [5.41, 5.74) is 3.84. The van der Waals surface area contributed by atoms with Gasteiger partial charge in [-0.2, -0.15) is 0 Å². The average molecular weight is 356 g/mol. The van der Waals surface area contributed by atoms with Crippen molar-refractivity contribution in [3.05, 3.63) is 53.0 Å². The number of aliphatic hydroxyl groups is 1. The third kappa shape index (κ3) is 3.29. The molecule has 0 spiro atoms. The second-order valence-electron chi connectivity index (χ2n) is 5.66. The van der Waals surface area contributed by atoms with Crippen LogP contribution in [0, 0.1) is 0 Å². The van der Waals surface area contributed by atoms with Gasteiger partial charge in [-0.05, 0) is 35.9 Å². The fourth-order valence-corrected chi connectivity index (χ4v) is 3.39. The number of hydrogen-bond donors (Lipinski definition) is 2. The van der Waals surface area contributed by atoms with E-state index in [0.717, 1.165) is 10.2 Å². The van der Waals surface area contributed by atoms with Crippen LogP contribution in [0.5, 0.6) is 11.5 Å². The Morgan fingerprint density at radius 1 is 1.20 bits per heavy atom. The van der Waals surface area contributed by atoms with Crippen molar-refractivity contribution >= 4 is 27.5 Å². The van der Waals surface area contributed by atoms with Crippen LogP contribution in [-0.2, 0) is 0 Å². The Hall–Kier alpha value is -2.64. The minimum Gasteiger partial charge on any atom is -0.486 e. The van der Waals surface area contributed by atoms with Crippen molar-refractivity contribution in [3.8, 4) is 11.5 Å². The van der Waals surface area contributed by atoms with Crippen LogP contribution in [0.3, 0.4) is 0 Å². The van der Waals surface area contributed by atoms with Gasteiger partial charge < -0.3 is 19.9 Å². The Morgan fingerprint density at radius 2 is 2.04 bits per heavy atom. The SMILES string of the molecule is O=C(NCC(O)c1ccc2c(c1)OCCO2)c1ccc2ncsc2c1. The summed E-state index contributed by atoms with van der Waals surface area (Å²) in [5.74, 6) is 1.06. The molecule has 2 N–H and O–H groups in total. The van der Waals surface area contributed by atoms with E-state index in [2.05, 4.69) is 10.3 Å². The maximum Gasteiger partial charge on any atom is 0.251 e. The number of aromatic nitrogens is 1. The van der Waals surface area contributed by atoms with Gasteiger partial charge in [-0.3, -0.25) is 4.79 Å². The molecule has 1 atom stereocenters. The average Bonchev–Trinajstić information content (AvgIpc) is 3.13. The zero-order chi connectivity index (χ0) is 17.2. The first-order chi connectivity index (χ1) is 12.2. The monoisotopic (exact) mass is 356 g/mol. The molecule has 1 aromatic heterocycles. The summed E-state index contributed by atoms with van der Waals surface area (Å²) in [5, 5.41) is 13.1. The molecule has 0 saturated carbocycles. The molecule has 0 bridgehead atoms. The zero-order valence-corrected chi connectivity index (χ0v) is 14.1. The molecule has 1 aliphatic rings. The van der Waals surface area contributed by atoms with Crippen LogP contribution in [0.1, 0.15) is 22.0 Å². The Balaban J connectivity index is 1.42. The van der Waals surface area contributed by atoms with Gasteiger partial charge in [0, 0.05) is 12.1 Å². The predicted molar refractivity (Wildman–Crippen MR) is 94.3 cm³/mol. The summed E-state index contributed by atoms with van der Waals surface area (Å²) in [6.45, 7) is 1.12. The van der Waals surface area contributed by atoms with E-state index >= 15 is 0 Å². The summed E-state index contributed by atoms with van der Waals surface area (Å²) in [6, 6.07) is 10.6. The van der Waals surface area contributed by atoms with Gasteiger partial charge in [0.1, 0.15) is 13.2 Å². The van der Waals surface area contributed by atoms with Crippen molar-refractivity contribution < 1.29 is 19.4 Å². The molecule has 1 unspecified atom stereocenters. The van der Waals surface area contributed by atoms with Gasteiger partial charge in [-0.1, -0.05) is 6.07 Å². The van der Waals surface area contributed by atoms with Crippen molar-refractivity contribution in [3.63, 3.8) is 0 Å². The number of thiazole rings is 1. The van der Waals surface area contributed by atoms with Gasteiger partial charge >= 0.3 is 0 Å². The predicted octanol–water partition coefficient (Wildman–Crippen LogP) is 2.53. The number of benzene rings is 2. The lowest BCUT2D eigenvalue weighted by molar-refractivity contribution is 0.0916. The highest BCUT2D eigenvalue weighted by Crippen LogP contribution is 2.32. The second-order valence-corrected chi connectivity index (χ2v) is 6.55. The minimum absolute atomic E-state index is 0.110. The molecule has 3 aromatic rings. The highest BCUT2D eigenvalue weighted by molar-refractivity contribution is 7.16. The number of carbonyl (C=O) groups is 1. The largest absolute Gasteiger partial charge is 0.486 e. The Bertz CT molecular complexity index is 924. The Morgan fingerprint density at radius 3 is 2.92 bits per heavy atom. The van der Waals surface area contributed by atoms with Crippen LogP contribution < -0.4 is 14.8 Å². The molecule has 0 aliphatic carbocycles. The van der Waals surface area contributed by atoms with Crippen LogP contribution in [0.15, 0.2) is 41.9 Å². The lowest BCUT2D eigenvalue weighted by Crippen LogP contribution is -2.28. The first-order valence-electron chi connectivity index (χ1n) is 7.90. The molecule has 2 aromatic carbocycles.